The molecule has 5 heteroatoms. The van der Waals surface area contributed by atoms with Gasteiger partial charge in [0, 0.05) is 4.47 Å². The summed E-state index contributed by atoms with van der Waals surface area (Å²) in [6.45, 7) is 0. The number of ether oxygens (including phenoxy) is 1. The Bertz CT molecular complexity index is 357. The molecule has 0 unspecified atom stereocenters. The summed E-state index contributed by atoms with van der Waals surface area (Å²) < 4.78 is 17.6. The Morgan fingerprint density at radius 2 is 2.29 bits per heavy atom. The molecule has 0 aliphatic heterocycles. The smallest absolute Gasteiger partial charge is 0.327 e. The van der Waals surface area contributed by atoms with Crippen LogP contribution >= 0.6 is 15.9 Å². The second-order valence-corrected chi connectivity index (χ2v) is 3.52. The van der Waals surface area contributed by atoms with Crippen molar-refractivity contribution in [1.29, 1.82) is 0 Å². The van der Waals surface area contributed by atoms with E-state index >= 15 is 0 Å². The minimum Gasteiger partial charge on any atom is -0.468 e. The number of benzene rings is 1. The minimum atomic E-state index is -0.894. The van der Waals surface area contributed by atoms with Gasteiger partial charge in [-0.25, -0.2) is 4.39 Å². The molecular weight excluding hydrogens is 253 g/mol. The molecule has 0 bridgehead atoms. The van der Waals surface area contributed by atoms with Crippen molar-refractivity contribution >= 4 is 21.9 Å². The number of hydrogen-bond acceptors (Lipinski definition) is 3. The third-order valence-electron chi connectivity index (χ3n) is 1.75. The van der Waals surface area contributed by atoms with Crippen LogP contribution in [0.15, 0.2) is 22.7 Å². The van der Waals surface area contributed by atoms with E-state index in [-0.39, 0.29) is 0 Å². The zero-order chi connectivity index (χ0) is 10.7. The van der Waals surface area contributed by atoms with Gasteiger partial charge in [-0.05, 0) is 17.7 Å². The van der Waals surface area contributed by atoms with Crippen molar-refractivity contribution in [2.45, 2.75) is 6.04 Å². The summed E-state index contributed by atoms with van der Waals surface area (Å²) in [6, 6.07) is 3.04. The maximum absolute atomic E-state index is 12.7. The van der Waals surface area contributed by atoms with E-state index in [1.165, 1.54) is 25.3 Å². The summed E-state index contributed by atoms with van der Waals surface area (Å²) in [5.74, 6) is -0.949. The molecule has 1 rings (SSSR count). The van der Waals surface area contributed by atoms with Gasteiger partial charge in [0.15, 0.2) is 0 Å². The summed E-state index contributed by atoms with van der Waals surface area (Å²) >= 11 is 3.12. The average molecular weight is 262 g/mol. The number of methoxy groups -OCH3 is 1. The minimum absolute atomic E-state index is 0.391. The molecule has 0 heterocycles. The molecule has 0 radical (unpaired) electrons. The van der Waals surface area contributed by atoms with Crippen LogP contribution in [0.4, 0.5) is 4.39 Å². The lowest BCUT2D eigenvalue weighted by Crippen LogP contribution is -2.22. The number of halogens is 2. The SMILES string of the molecule is COC(=O)[C@H](N)c1ccc(F)cc1Br. The summed E-state index contributed by atoms with van der Waals surface area (Å²) in [6.07, 6.45) is 0. The lowest BCUT2D eigenvalue weighted by Gasteiger charge is -2.11. The molecule has 76 valence electrons. The van der Waals surface area contributed by atoms with Crippen molar-refractivity contribution in [3.63, 3.8) is 0 Å². The number of nitrogens with two attached hydrogens (primary N) is 1. The first-order valence-corrected chi connectivity index (χ1v) is 4.64. The van der Waals surface area contributed by atoms with Gasteiger partial charge in [-0.15, -0.1) is 0 Å². The van der Waals surface area contributed by atoms with Gasteiger partial charge in [-0.3, -0.25) is 4.79 Å². The van der Waals surface area contributed by atoms with Crippen LogP contribution in [0.1, 0.15) is 11.6 Å². The van der Waals surface area contributed by atoms with Gasteiger partial charge in [-0.2, -0.15) is 0 Å². The third kappa shape index (κ3) is 2.30. The van der Waals surface area contributed by atoms with E-state index in [0.29, 0.717) is 10.0 Å². The van der Waals surface area contributed by atoms with Crippen molar-refractivity contribution in [2.75, 3.05) is 7.11 Å². The van der Waals surface area contributed by atoms with Crippen molar-refractivity contribution in [3.8, 4) is 0 Å². The van der Waals surface area contributed by atoms with E-state index < -0.39 is 17.8 Å². The molecule has 0 saturated heterocycles. The second kappa shape index (κ2) is 4.52. The fourth-order valence-corrected chi connectivity index (χ4v) is 1.61. The molecule has 0 aromatic heterocycles. The molecule has 14 heavy (non-hydrogen) atoms. The summed E-state index contributed by atoms with van der Waals surface area (Å²) in [7, 11) is 1.25. The summed E-state index contributed by atoms with van der Waals surface area (Å²) in [5.41, 5.74) is 6.07. The van der Waals surface area contributed by atoms with Gasteiger partial charge in [0.05, 0.1) is 7.11 Å². The Kier molecular flexibility index (Phi) is 3.60. The molecule has 1 aromatic rings. The molecule has 2 N–H and O–H groups in total. The number of carbonyl (C=O) groups is 1. The predicted octanol–water partition coefficient (Wildman–Crippen LogP) is 1.76. The van der Waals surface area contributed by atoms with Gasteiger partial charge in [0.1, 0.15) is 11.9 Å². The van der Waals surface area contributed by atoms with E-state index in [4.69, 9.17) is 5.73 Å². The molecule has 0 saturated carbocycles. The highest BCUT2D eigenvalue weighted by atomic mass is 79.9. The first-order chi connectivity index (χ1) is 6.56. The monoisotopic (exact) mass is 261 g/mol. The highest BCUT2D eigenvalue weighted by molar-refractivity contribution is 9.10. The Morgan fingerprint density at radius 3 is 2.79 bits per heavy atom. The van der Waals surface area contributed by atoms with E-state index in [1.807, 2.05) is 0 Å². The predicted molar refractivity (Wildman–Crippen MR) is 53.0 cm³/mol. The molecule has 0 aliphatic rings. The number of hydrogen-bond donors (Lipinski definition) is 1. The third-order valence-corrected chi connectivity index (χ3v) is 2.44. The van der Waals surface area contributed by atoms with Gasteiger partial charge < -0.3 is 10.5 Å². The van der Waals surface area contributed by atoms with Gasteiger partial charge in [0.25, 0.3) is 0 Å². The Balaban J connectivity index is 3.01. The van der Waals surface area contributed by atoms with Crippen LogP contribution in [-0.4, -0.2) is 13.1 Å². The highest BCUT2D eigenvalue weighted by Gasteiger charge is 2.18. The van der Waals surface area contributed by atoms with Crippen LogP contribution < -0.4 is 5.73 Å². The molecule has 0 fully saturated rings. The molecule has 3 nitrogen and oxygen atoms in total. The summed E-state index contributed by atoms with van der Waals surface area (Å²) in [5, 5.41) is 0. The second-order valence-electron chi connectivity index (χ2n) is 2.67. The number of rotatable bonds is 2. The number of carbonyl (C=O) groups excluding carboxylic acids is 1. The zero-order valence-corrected chi connectivity index (χ0v) is 9.05. The van der Waals surface area contributed by atoms with Crippen molar-refractivity contribution in [3.05, 3.63) is 34.1 Å². The Morgan fingerprint density at radius 1 is 1.64 bits per heavy atom. The topological polar surface area (TPSA) is 52.3 Å². The quantitative estimate of drug-likeness (QED) is 0.826. The van der Waals surface area contributed by atoms with Gasteiger partial charge in [-0.1, -0.05) is 22.0 Å². The van der Waals surface area contributed by atoms with Crippen LogP contribution in [0.2, 0.25) is 0 Å². The molecular formula is C9H9BrFNO2. The molecule has 0 spiro atoms. The first kappa shape index (κ1) is 11.1. The van der Waals surface area contributed by atoms with Crippen LogP contribution in [-0.2, 0) is 9.53 Å². The van der Waals surface area contributed by atoms with Crippen LogP contribution in [0.5, 0.6) is 0 Å². The molecule has 0 aliphatic carbocycles. The lowest BCUT2D eigenvalue weighted by atomic mass is 10.1. The largest absolute Gasteiger partial charge is 0.468 e. The van der Waals surface area contributed by atoms with E-state index in [0.717, 1.165) is 0 Å². The number of esters is 1. The maximum Gasteiger partial charge on any atom is 0.327 e. The van der Waals surface area contributed by atoms with Crippen LogP contribution in [0, 0.1) is 5.82 Å². The van der Waals surface area contributed by atoms with Crippen molar-refractivity contribution in [1.82, 2.24) is 0 Å². The molecule has 0 amide bonds. The van der Waals surface area contributed by atoms with E-state index in [1.54, 1.807) is 0 Å². The van der Waals surface area contributed by atoms with Crippen molar-refractivity contribution < 1.29 is 13.9 Å². The van der Waals surface area contributed by atoms with E-state index in [9.17, 15) is 9.18 Å². The average Bonchev–Trinajstić information content (AvgIpc) is 2.15. The van der Waals surface area contributed by atoms with E-state index in [2.05, 4.69) is 20.7 Å². The zero-order valence-electron chi connectivity index (χ0n) is 7.46. The standard InChI is InChI=1S/C9H9BrFNO2/c1-14-9(13)8(12)6-3-2-5(11)4-7(6)10/h2-4,8H,12H2,1H3/t8-/m1/s1. The fourth-order valence-electron chi connectivity index (χ4n) is 1.01. The highest BCUT2D eigenvalue weighted by Crippen LogP contribution is 2.23. The van der Waals surface area contributed by atoms with Crippen LogP contribution in [0.25, 0.3) is 0 Å². The molecule has 1 atom stereocenters. The first-order valence-electron chi connectivity index (χ1n) is 3.84. The maximum atomic E-state index is 12.7. The lowest BCUT2D eigenvalue weighted by molar-refractivity contribution is -0.142. The van der Waals surface area contributed by atoms with Crippen molar-refractivity contribution in [2.24, 2.45) is 5.73 Å². The fraction of sp³-hybridized carbons (Fsp3) is 0.222. The Labute approximate surface area is 89.2 Å². The van der Waals surface area contributed by atoms with Gasteiger partial charge in [0.2, 0.25) is 0 Å². The summed E-state index contributed by atoms with van der Waals surface area (Å²) in [4.78, 5) is 11.1. The van der Waals surface area contributed by atoms with Crippen LogP contribution in [0.3, 0.4) is 0 Å². The normalized spacial score (nSPS) is 12.3. The van der Waals surface area contributed by atoms with Gasteiger partial charge >= 0.3 is 5.97 Å². The Hall–Kier alpha value is -0.940. The molecule has 1 aromatic carbocycles.